The van der Waals surface area contributed by atoms with Crippen molar-refractivity contribution in [3.8, 4) is 0 Å². The molecule has 0 spiro atoms. The first-order valence-electron chi connectivity index (χ1n) is 7.90. The van der Waals surface area contributed by atoms with Crippen LogP contribution in [0.3, 0.4) is 0 Å². The van der Waals surface area contributed by atoms with E-state index in [4.69, 9.17) is 0 Å². The summed E-state index contributed by atoms with van der Waals surface area (Å²) >= 11 is 0. The highest BCUT2D eigenvalue weighted by atomic mass is 16.3. The highest BCUT2D eigenvalue weighted by Crippen LogP contribution is 2.16. The molecule has 5 nitrogen and oxygen atoms in total. The molecule has 0 saturated heterocycles. The molecule has 1 N–H and O–H groups in total. The Morgan fingerprint density at radius 2 is 1.82 bits per heavy atom. The zero-order valence-corrected chi connectivity index (χ0v) is 14.0. The molecule has 2 aromatic rings. The normalized spacial score (nSPS) is 12.8. The summed E-state index contributed by atoms with van der Waals surface area (Å²) in [6, 6.07) is 8.05. The Hall–Kier alpha value is -1.72. The fraction of sp³-hybridized carbons (Fsp3) is 0.529. The van der Waals surface area contributed by atoms with Crippen LogP contribution in [0.2, 0.25) is 0 Å². The number of likely N-dealkylation sites (N-methyl/N-ethyl adjacent to an activating group) is 1. The topological polar surface area (TPSA) is 54.2 Å². The third kappa shape index (κ3) is 3.93. The first-order valence-corrected chi connectivity index (χ1v) is 7.90. The molecule has 22 heavy (non-hydrogen) atoms. The van der Waals surface area contributed by atoms with Crippen LogP contribution in [-0.2, 0) is 13.1 Å². The van der Waals surface area contributed by atoms with Gasteiger partial charge in [0.05, 0.1) is 12.6 Å². The van der Waals surface area contributed by atoms with Crippen molar-refractivity contribution in [2.45, 2.75) is 46.9 Å². The first kappa shape index (κ1) is 16.6. The lowest BCUT2D eigenvalue weighted by molar-refractivity contribution is 0.110. The van der Waals surface area contributed by atoms with E-state index >= 15 is 0 Å². The van der Waals surface area contributed by atoms with Crippen LogP contribution in [0.15, 0.2) is 24.3 Å². The Balaban J connectivity index is 2.03. The summed E-state index contributed by atoms with van der Waals surface area (Å²) in [6.45, 7) is 11.2. The van der Waals surface area contributed by atoms with Crippen molar-refractivity contribution < 1.29 is 5.11 Å². The number of nitrogens with zero attached hydrogens (tertiary/aromatic N) is 4. The number of hydrogen-bond donors (Lipinski definition) is 1. The van der Waals surface area contributed by atoms with Gasteiger partial charge in [-0.25, -0.2) is 0 Å². The van der Waals surface area contributed by atoms with Gasteiger partial charge in [-0.15, -0.1) is 10.2 Å². The van der Waals surface area contributed by atoms with E-state index in [0.29, 0.717) is 13.1 Å². The molecular formula is C17H26N4O. The zero-order valence-electron chi connectivity index (χ0n) is 14.0. The number of aromatic nitrogens is 3. The minimum Gasteiger partial charge on any atom is -0.387 e. The van der Waals surface area contributed by atoms with Gasteiger partial charge in [0, 0.05) is 13.1 Å². The summed E-state index contributed by atoms with van der Waals surface area (Å²) in [7, 11) is 0. The lowest BCUT2D eigenvalue weighted by Gasteiger charge is -2.23. The minimum atomic E-state index is -0.486. The Morgan fingerprint density at radius 1 is 1.14 bits per heavy atom. The molecule has 0 bridgehead atoms. The van der Waals surface area contributed by atoms with Gasteiger partial charge in [-0.3, -0.25) is 4.90 Å². The van der Waals surface area contributed by atoms with Crippen LogP contribution >= 0.6 is 0 Å². The number of benzene rings is 1. The van der Waals surface area contributed by atoms with Gasteiger partial charge < -0.3 is 9.67 Å². The van der Waals surface area contributed by atoms with Crippen molar-refractivity contribution in [3.63, 3.8) is 0 Å². The molecule has 0 aliphatic rings. The number of aryl methyl sites for hydroxylation is 2. The van der Waals surface area contributed by atoms with Gasteiger partial charge in [0.25, 0.3) is 0 Å². The lowest BCUT2D eigenvalue weighted by Crippen LogP contribution is -2.29. The summed E-state index contributed by atoms with van der Waals surface area (Å²) in [6.07, 6.45) is -0.486. The average molecular weight is 302 g/mol. The van der Waals surface area contributed by atoms with Gasteiger partial charge in [-0.1, -0.05) is 36.8 Å². The number of hydrogen-bond acceptors (Lipinski definition) is 4. The predicted octanol–water partition coefficient (Wildman–Crippen LogP) is 2.47. The SMILES string of the molecule is CCN(Cc1nnc(C)n1CC)CC(O)c1ccc(C)cc1. The highest BCUT2D eigenvalue weighted by molar-refractivity contribution is 5.23. The molecule has 1 aromatic heterocycles. The maximum Gasteiger partial charge on any atom is 0.147 e. The second-order valence-electron chi connectivity index (χ2n) is 5.66. The van der Waals surface area contributed by atoms with E-state index in [0.717, 1.165) is 30.3 Å². The molecule has 0 aliphatic heterocycles. The van der Waals surface area contributed by atoms with Crippen molar-refractivity contribution in [2.75, 3.05) is 13.1 Å². The second kappa shape index (κ2) is 7.51. The largest absolute Gasteiger partial charge is 0.387 e. The van der Waals surface area contributed by atoms with Gasteiger partial charge in [-0.2, -0.15) is 0 Å². The standard InChI is InChI=1S/C17H26N4O/c1-5-20(12-17-19-18-14(4)21(17)6-2)11-16(22)15-9-7-13(3)8-10-15/h7-10,16,22H,5-6,11-12H2,1-4H3. The Bertz CT molecular complexity index is 591. The summed E-state index contributed by atoms with van der Waals surface area (Å²) < 4.78 is 2.11. The van der Waals surface area contributed by atoms with E-state index in [2.05, 4.69) is 40.4 Å². The van der Waals surface area contributed by atoms with Crippen LogP contribution in [0.5, 0.6) is 0 Å². The maximum absolute atomic E-state index is 10.4. The van der Waals surface area contributed by atoms with E-state index in [1.165, 1.54) is 5.56 Å². The van der Waals surface area contributed by atoms with E-state index in [1.54, 1.807) is 0 Å². The molecular weight excluding hydrogens is 276 g/mol. The molecule has 1 aromatic carbocycles. The molecule has 0 amide bonds. The maximum atomic E-state index is 10.4. The van der Waals surface area contributed by atoms with Crippen molar-refractivity contribution in [3.05, 3.63) is 47.0 Å². The molecule has 0 aliphatic carbocycles. The van der Waals surface area contributed by atoms with Crippen molar-refractivity contribution in [1.82, 2.24) is 19.7 Å². The number of aliphatic hydroxyl groups excluding tert-OH is 1. The third-order valence-electron chi connectivity index (χ3n) is 4.03. The Kier molecular flexibility index (Phi) is 5.69. The zero-order chi connectivity index (χ0) is 16.1. The summed E-state index contributed by atoms with van der Waals surface area (Å²) in [5.74, 6) is 1.89. The summed E-state index contributed by atoms with van der Waals surface area (Å²) in [4.78, 5) is 2.19. The van der Waals surface area contributed by atoms with Crippen molar-refractivity contribution in [1.29, 1.82) is 0 Å². The molecule has 1 unspecified atom stereocenters. The van der Waals surface area contributed by atoms with Crippen LogP contribution in [0, 0.1) is 13.8 Å². The Labute approximate surface area is 132 Å². The molecule has 5 heteroatoms. The fourth-order valence-electron chi connectivity index (χ4n) is 2.60. The number of aliphatic hydroxyl groups is 1. The predicted molar refractivity (Wildman–Crippen MR) is 87.5 cm³/mol. The summed E-state index contributed by atoms with van der Waals surface area (Å²) in [5, 5.41) is 18.8. The highest BCUT2D eigenvalue weighted by Gasteiger charge is 2.16. The lowest BCUT2D eigenvalue weighted by atomic mass is 10.1. The molecule has 1 heterocycles. The van der Waals surface area contributed by atoms with E-state index in [1.807, 2.05) is 31.2 Å². The van der Waals surface area contributed by atoms with Gasteiger partial charge in [0.1, 0.15) is 11.6 Å². The molecule has 120 valence electrons. The monoisotopic (exact) mass is 302 g/mol. The van der Waals surface area contributed by atoms with Gasteiger partial charge in [0.15, 0.2) is 0 Å². The average Bonchev–Trinajstić information content (AvgIpc) is 2.86. The van der Waals surface area contributed by atoms with E-state index < -0.39 is 6.10 Å². The van der Waals surface area contributed by atoms with Crippen LogP contribution in [0.1, 0.15) is 42.7 Å². The summed E-state index contributed by atoms with van der Waals surface area (Å²) in [5.41, 5.74) is 2.16. The van der Waals surface area contributed by atoms with Crippen molar-refractivity contribution in [2.24, 2.45) is 0 Å². The molecule has 0 fully saturated rings. The fourth-order valence-corrected chi connectivity index (χ4v) is 2.60. The molecule has 0 radical (unpaired) electrons. The van der Waals surface area contributed by atoms with Gasteiger partial charge in [-0.05, 0) is 32.9 Å². The molecule has 1 atom stereocenters. The van der Waals surface area contributed by atoms with Crippen LogP contribution in [0.25, 0.3) is 0 Å². The molecule has 0 saturated carbocycles. The van der Waals surface area contributed by atoms with Gasteiger partial charge in [0.2, 0.25) is 0 Å². The van der Waals surface area contributed by atoms with Crippen molar-refractivity contribution >= 4 is 0 Å². The number of rotatable bonds is 7. The van der Waals surface area contributed by atoms with Gasteiger partial charge >= 0.3 is 0 Å². The third-order valence-corrected chi connectivity index (χ3v) is 4.03. The Morgan fingerprint density at radius 3 is 2.41 bits per heavy atom. The smallest absolute Gasteiger partial charge is 0.147 e. The quantitative estimate of drug-likeness (QED) is 0.853. The van der Waals surface area contributed by atoms with E-state index in [9.17, 15) is 5.11 Å². The minimum absolute atomic E-state index is 0.486. The first-order chi connectivity index (χ1) is 10.5. The van der Waals surface area contributed by atoms with E-state index in [-0.39, 0.29) is 0 Å². The van der Waals surface area contributed by atoms with Crippen LogP contribution in [-0.4, -0.2) is 37.9 Å². The van der Waals surface area contributed by atoms with Crippen LogP contribution in [0.4, 0.5) is 0 Å². The molecule has 2 rings (SSSR count). The van der Waals surface area contributed by atoms with Crippen LogP contribution < -0.4 is 0 Å². The second-order valence-corrected chi connectivity index (χ2v) is 5.66.